The number of anilines is 1. The van der Waals surface area contributed by atoms with Gasteiger partial charge < -0.3 is 15.4 Å². The summed E-state index contributed by atoms with van der Waals surface area (Å²) in [6.07, 6.45) is 1.99. The molecular formula is C14H18N2O2. The number of carbonyl (C=O) groups excluding carboxylic acids is 1. The second-order valence-corrected chi connectivity index (χ2v) is 4.95. The number of hydrogen-bond donors (Lipinski definition) is 2. The number of carbonyl (C=O) groups is 1. The van der Waals surface area contributed by atoms with E-state index >= 15 is 0 Å². The Balaban J connectivity index is 1.78. The summed E-state index contributed by atoms with van der Waals surface area (Å²) in [5.41, 5.74) is 4.02. The zero-order valence-corrected chi connectivity index (χ0v) is 10.6. The summed E-state index contributed by atoms with van der Waals surface area (Å²) in [5, 5.41) is 6.32. The molecule has 0 aliphatic carbocycles. The summed E-state index contributed by atoms with van der Waals surface area (Å²) in [6.45, 7) is 4.06. The van der Waals surface area contributed by atoms with Crippen LogP contribution in [0.5, 0.6) is 5.75 Å². The standard InChI is InChI=1S/C14H18N2O2/c1-9(17)15-6-4-10-8-16-12-2-3-13-11(14(10)12)5-7-18-13/h2-3,10,16H,4-8H2,1H3,(H,15,17). The van der Waals surface area contributed by atoms with Gasteiger partial charge in [-0.25, -0.2) is 0 Å². The smallest absolute Gasteiger partial charge is 0.216 e. The number of benzene rings is 1. The van der Waals surface area contributed by atoms with E-state index in [0.29, 0.717) is 5.92 Å². The molecule has 96 valence electrons. The Labute approximate surface area is 107 Å². The van der Waals surface area contributed by atoms with Crippen molar-refractivity contribution in [3.05, 3.63) is 23.3 Å². The molecule has 1 unspecified atom stereocenters. The van der Waals surface area contributed by atoms with Gasteiger partial charge in [-0.05, 0) is 24.1 Å². The number of nitrogens with one attached hydrogen (secondary N) is 2. The highest BCUT2D eigenvalue weighted by Crippen LogP contribution is 2.42. The summed E-state index contributed by atoms with van der Waals surface area (Å²) >= 11 is 0. The molecule has 0 bridgehead atoms. The van der Waals surface area contributed by atoms with Crippen LogP contribution < -0.4 is 15.4 Å². The molecule has 3 rings (SSSR count). The van der Waals surface area contributed by atoms with Crippen LogP contribution in [0.25, 0.3) is 0 Å². The predicted octanol–water partition coefficient (Wildman–Crippen LogP) is 1.66. The third-order valence-corrected chi connectivity index (χ3v) is 3.74. The average Bonchev–Trinajstić information content (AvgIpc) is 2.93. The van der Waals surface area contributed by atoms with Crippen LogP contribution in [0.4, 0.5) is 5.69 Å². The van der Waals surface area contributed by atoms with Crippen LogP contribution in [0, 0.1) is 0 Å². The van der Waals surface area contributed by atoms with Crippen LogP contribution in [0.3, 0.4) is 0 Å². The van der Waals surface area contributed by atoms with E-state index in [1.165, 1.54) is 16.8 Å². The summed E-state index contributed by atoms with van der Waals surface area (Å²) in [5.74, 6) is 1.58. The van der Waals surface area contributed by atoms with Gasteiger partial charge in [0.05, 0.1) is 6.61 Å². The van der Waals surface area contributed by atoms with E-state index in [9.17, 15) is 4.79 Å². The Morgan fingerprint density at radius 2 is 2.44 bits per heavy atom. The van der Waals surface area contributed by atoms with E-state index < -0.39 is 0 Å². The number of amides is 1. The van der Waals surface area contributed by atoms with Gasteiger partial charge in [0.15, 0.2) is 0 Å². The molecule has 1 aromatic carbocycles. The van der Waals surface area contributed by atoms with Crippen molar-refractivity contribution in [1.82, 2.24) is 5.32 Å². The zero-order chi connectivity index (χ0) is 12.5. The molecule has 0 fully saturated rings. The molecule has 18 heavy (non-hydrogen) atoms. The first-order chi connectivity index (χ1) is 8.75. The summed E-state index contributed by atoms with van der Waals surface area (Å²) in [6, 6.07) is 4.17. The zero-order valence-electron chi connectivity index (χ0n) is 10.6. The van der Waals surface area contributed by atoms with Crippen molar-refractivity contribution in [3.8, 4) is 5.75 Å². The molecule has 1 aromatic rings. The predicted molar refractivity (Wildman–Crippen MR) is 70.2 cm³/mol. The quantitative estimate of drug-likeness (QED) is 0.852. The van der Waals surface area contributed by atoms with Crippen molar-refractivity contribution in [1.29, 1.82) is 0 Å². The molecule has 1 atom stereocenters. The minimum Gasteiger partial charge on any atom is -0.493 e. The van der Waals surface area contributed by atoms with Crippen LogP contribution in [0.1, 0.15) is 30.4 Å². The molecule has 4 heteroatoms. The first-order valence-corrected chi connectivity index (χ1v) is 6.52. The topological polar surface area (TPSA) is 50.4 Å². The maximum absolute atomic E-state index is 10.9. The van der Waals surface area contributed by atoms with Crippen molar-refractivity contribution in [2.45, 2.75) is 25.7 Å². The lowest BCUT2D eigenvalue weighted by Gasteiger charge is -2.13. The van der Waals surface area contributed by atoms with E-state index in [-0.39, 0.29) is 5.91 Å². The fourth-order valence-electron chi connectivity index (χ4n) is 2.93. The van der Waals surface area contributed by atoms with Crippen molar-refractivity contribution in [3.63, 3.8) is 0 Å². The minimum atomic E-state index is 0.0443. The Morgan fingerprint density at radius 1 is 1.56 bits per heavy atom. The SMILES string of the molecule is CC(=O)NCCC1CNc2ccc3c(c21)CCO3. The molecule has 2 N–H and O–H groups in total. The average molecular weight is 246 g/mol. The summed E-state index contributed by atoms with van der Waals surface area (Å²) in [4.78, 5) is 10.9. The van der Waals surface area contributed by atoms with Crippen molar-refractivity contribution in [2.24, 2.45) is 0 Å². The molecular weight excluding hydrogens is 228 g/mol. The van der Waals surface area contributed by atoms with E-state index in [0.717, 1.165) is 38.3 Å². The molecule has 0 saturated carbocycles. The molecule has 0 radical (unpaired) electrons. The highest BCUT2D eigenvalue weighted by atomic mass is 16.5. The van der Waals surface area contributed by atoms with Gasteiger partial charge in [0, 0.05) is 43.6 Å². The maximum Gasteiger partial charge on any atom is 0.216 e. The molecule has 1 amide bonds. The number of fused-ring (bicyclic) bond motifs is 3. The largest absolute Gasteiger partial charge is 0.493 e. The molecule has 2 heterocycles. The fourth-order valence-corrected chi connectivity index (χ4v) is 2.93. The Hall–Kier alpha value is -1.71. The molecule has 0 aromatic heterocycles. The highest BCUT2D eigenvalue weighted by molar-refractivity contribution is 5.72. The van der Waals surface area contributed by atoms with Gasteiger partial charge >= 0.3 is 0 Å². The first kappa shape index (κ1) is 11.4. The van der Waals surface area contributed by atoms with Gasteiger partial charge in [-0.1, -0.05) is 0 Å². The molecule has 0 saturated heterocycles. The lowest BCUT2D eigenvalue weighted by atomic mass is 9.92. The third kappa shape index (κ3) is 1.92. The summed E-state index contributed by atoms with van der Waals surface area (Å²) < 4.78 is 5.62. The minimum absolute atomic E-state index is 0.0443. The first-order valence-electron chi connectivity index (χ1n) is 6.52. The van der Waals surface area contributed by atoms with Gasteiger partial charge in [0.2, 0.25) is 5.91 Å². The lowest BCUT2D eigenvalue weighted by Crippen LogP contribution is -2.23. The Bertz CT molecular complexity index is 485. The van der Waals surface area contributed by atoms with Crippen LogP contribution in [-0.2, 0) is 11.2 Å². The van der Waals surface area contributed by atoms with Crippen LogP contribution in [-0.4, -0.2) is 25.6 Å². The fraction of sp³-hybridized carbons (Fsp3) is 0.500. The van der Waals surface area contributed by atoms with Crippen molar-refractivity contribution < 1.29 is 9.53 Å². The van der Waals surface area contributed by atoms with Gasteiger partial charge in [-0.3, -0.25) is 4.79 Å². The van der Waals surface area contributed by atoms with Crippen molar-refractivity contribution >= 4 is 11.6 Å². The molecule has 2 aliphatic rings. The number of rotatable bonds is 3. The van der Waals surface area contributed by atoms with Crippen LogP contribution in [0.15, 0.2) is 12.1 Å². The van der Waals surface area contributed by atoms with Gasteiger partial charge in [0.1, 0.15) is 5.75 Å². The second-order valence-electron chi connectivity index (χ2n) is 4.95. The van der Waals surface area contributed by atoms with Crippen molar-refractivity contribution in [2.75, 3.05) is 25.0 Å². The van der Waals surface area contributed by atoms with E-state index in [2.05, 4.69) is 22.8 Å². The maximum atomic E-state index is 10.9. The van der Waals surface area contributed by atoms with Gasteiger partial charge in [0.25, 0.3) is 0 Å². The third-order valence-electron chi connectivity index (χ3n) is 3.74. The van der Waals surface area contributed by atoms with Crippen LogP contribution >= 0.6 is 0 Å². The van der Waals surface area contributed by atoms with E-state index in [1.807, 2.05) is 0 Å². The van der Waals surface area contributed by atoms with Gasteiger partial charge in [-0.15, -0.1) is 0 Å². The second kappa shape index (κ2) is 4.52. The van der Waals surface area contributed by atoms with Crippen LogP contribution in [0.2, 0.25) is 0 Å². The molecule has 0 spiro atoms. The normalized spacial score (nSPS) is 19.7. The number of hydrogen-bond acceptors (Lipinski definition) is 3. The van der Waals surface area contributed by atoms with Gasteiger partial charge in [-0.2, -0.15) is 0 Å². The van der Waals surface area contributed by atoms with E-state index in [1.54, 1.807) is 6.92 Å². The number of ether oxygens (including phenoxy) is 1. The van der Waals surface area contributed by atoms with E-state index in [4.69, 9.17) is 4.74 Å². The highest BCUT2D eigenvalue weighted by Gasteiger charge is 2.28. The Morgan fingerprint density at radius 3 is 3.28 bits per heavy atom. The molecule has 4 nitrogen and oxygen atoms in total. The Kier molecular flexibility index (Phi) is 2.86. The lowest BCUT2D eigenvalue weighted by molar-refractivity contribution is -0.118. The molecule has 2 aliphatic heterocycles. The summed E-state index contributed by atoms with van der Waals surface area (Å²) in [7, 11) is 0. The monoisotopic (exact) mass is 246 g/mol.